The van der Waals surface area contributed by atoms with Crippen LogP contribution in [0.4, 0.5) is 0 Å². The number of aromatic nitrogens is 4. The third-order valence-corrected chi connectivity index (χ3v) is 4.81. The Balaban J connectivity index is 1.91. The molecule has 0 aliphatic rings. The Morgan fingerprint density at radius 3 is 1.62 bits per heavy atom. The van der Waals surface area contributed by atoms with Gasteiger partial charge in [0.05, 0.1) is 13.2 Å². The lowest BCUT2D eigenvalue weighted by molar-refractivity contribution is -0.912. The molecule has 0 radical (unpaired) electrons. The monoisotopic (exact) mass is 406 g/mol. The van der Waals surface area contributed by atoms with Crippen molar-refractivity contribution in [2.75, 3.05) is 13.2 Å². The van der Waals surface area contributed by atoms with Crippen molar-refractivity contribution in [3.63, 3.8) is 0 Å². The summed E-state index contributed by atoms with van der Waals surface area (Å²) in [5.41, 5.74) is 0. The first-order valence-corrected chi connectivity index (χ1v) is 10.4. The Morgan fingerprint density at radius 2 is 1.24 bits per heavy atom. The maximum Gasteiger partial charge on any atom is 0.351 e. The second-order valence-electron chi connectivity index (χ2n) is 7.29. The van der Waals surface area contributed by atoms with Gasteiger partial charge in [0.15, 0.2) is 12.1 Å². The summed E-state index contributed by atoms with van der Waals surface area (Å²) < 4.78 is 18.2. The van der Waals surface area contributed by atoms with E-state index in [4.69, 9.17) is 9.47 Å². The summed E-state index contributed by atoms with van der Waals surface area (Å²) >= 11 is 0. The number of hydrogen-bond acceptors (Lipinski definition) is 4. The highest BCUT2D eigenvalue weighted by molar-refractivity contribution is 5.74. The molecule has 29 heavy (non-hydrogen) atoms. The Hall–Kier alpha value is -2.64. The zero-order valence-electron chi connectivity index (χ0n) is 18.0. The van der Waals surface area contributed by atoms with Crippen molar-refractivity contribution in [2.24, 2.45) is 0 Å². The van der Waals surface area contributed by atoms with E-state index < -0.39 is 0 Å². The first-order valence-electron chi connectivity index (χ1n) is 10.4. The zero-order valence-corrected chi connectivity index (χ0v) is 18.0. The number of ether oxygens (including phenoxy) is 2. The van der Waals surface area contributed by atoms with Crippen LogP contribution in [0.3, 0.4) is 0 Å². The average molecular weight is 407 g/mol. The van der Waals surface area contributed by atoms with E-state index >= 15 is 0 Å². The molecule has 0 aliphatic heterocycles. The Bertz CT molecular complexity index is 719. The number of imidazole rings is 2. The SMILES string of the molecule is CCCCOC(=O)[C@H](C)n1cc[n+](C[n+]2ccn([C@@H](C)C(=O)OCCCC)c2)c1. The number of carbonyl (C=O) groups excluding carboxylic acids is 2. The summed E-state index contributed by atoms with van der Waals surface area (Å²) in [5, 5.41) is 0. The van der Waals surface area contributed by atoms with Gasteiger partial charge in [0, 0.05) is 0 Å². The molecule has 0 fully saturated rings. The van der Waals surface area contributed by atoms with Gasteiger partial charge in [-0.05, 0) is 26.7 Å². The lowest BCUT2D eigenvalue weighted by Crippen LogP contribution is -2.49. The fraction of sp³-hybridized carbons (Fsp3) is 0.619. The third-order valence-electron chi connectivity index (χ3n) is 4.81. The molecule has 0 unspecified atom stereocenters. The normalized spacial score (nSPS) is 13.1. The Kier molecular flexibility index (Phi) is 8.89. The van der Waals surface area contributed by atoms with Gasteiger partial charge in [-0.3, -0.25) is 0 Å². The smallest absolute Gasteiger partial charge is 0.351 e. The van der Waals surface area contributed by atoms with Crippen LogP contribution in [-0.4, -0.2) is 34.3 Å². The summed E-state index contributed by atoms with van der Waals surface area (Å²) in [7, 11) is 0. The highest BCUT2D eigenvalue weighted by Gasteiger charge is 2.24. The van der Waals surface area contributed by atoms with Crippen LogP contribution in [0.1, 0.15) is 65.5 Å². The molecule has 2 heterocycles. The molecule has 0 aliphatic carbocycles. The molecule has 0 N–H and O–H groups in total. The lowest BCUT2D eigenvalue weighted by atomic mass is 10.3. The van der Waals surface area contributed by atoms with Crippen molar-refractivity contribution in [1.82, 2.24) is 9.13 Å². The standard InChI is InChI=1S/C21H34N4O4/c1-5-7-13-28-20(26)18(3)24-11-9-22(16-24)15-23-10-12-25(17-23)19(4)21(27)29-14-8-6-2/h9-12,16-19H,5-8,13-15H2,1-4H3/q+2/t18-,19-/m0/s1. The average Bonchev–Trinajstić information content (AvgIpc) is 3.37. The van der Waals surface area contributed by atoms with E-state index in [-0.39, 0.29) is 24.0 Å². The molecular weight excluding hydrogens is 372 g/mol. The topological polar surface area (TPSA) is 70.2 Å². The van der Waals surface area contributed by atoms with Gasteiger partial charge in [-0.1, -0.05) is 26.7 Å². The largest absolute Gasteiger partial charge is 0.463 e. The van der Waals surface area contributed by atoms with E-state index in [1.54, 1.807) is 0 Å². The van der Waals surface area contributed by atoms with Crippen LogP contribution in [0.25, 0.3) is 0 Å². The van der Waals surface area contributed by atoms with E-state index in [0.717, 1.165) is 25.7 Å². The molecule has 0 saturated carbocycles. The Labute approximate surface area is 172 Å². The molecular formula is C21H34N4O4+2. The number of nitrogens with zero attached hydrogens (tertiary/aromatic N) is 4. The van der Waals surface area contributed by atoms with Crippen molar-refractivity contribution in [3.05, 3.63) is 37.4 Å². The molecule has 0 bridgehead atoms. The molecule has 8 heteroatoms. The second-order valence-corrected chi connectivity index (χ2v) is 7.29. The van der Waals surface area contributed by atoms with E-state index in [1.165, 1.54) is 0 Å². The van der Waals surface area contributed by atoms with Crippen LogP contribution in [0, 0.1) is 0 Å². The van der Waals surface area contributed by atoms with Crippen molar-refractivity contribution in [1.29, 1.82) is 0 Å². The first-order chi connectivity index (χ1) is 14.0. The second kappa shape index (κ2) is 11.4. The zero-order chi connectivity index (χ0) is 21.2. The van der Waals surface area contributed by atoms with E-state index in [1.807, 2.05) is 69.6 Å². The number of esters is 2. The van der Waals surface area contributed by atoms with Crippen molar-refractivity contribution >= 4 is 11.9 Å². The van der Waals surface area contributed by atoms with Gasteiger partial charge in [-0.15, -0.1) is 0 Å². The fourth-order valence-electron chi connectivity index (χ4n) is 2.75. The summed E-state index contributed by atoms with van der Waals surface area (Å²) in [5.74, 6) is -0.453. The van der Waals surface area contributed by atoms with Gasteiger partial charge < -0.3 is 9.47 Å². The molecule has 0 spiro atoms. The van der Waals surface area contributed by atoms with E-state index in [9.17, 15) is 9.59 Å². The molecule has 2 aromatic heterocycles. The Morgan fingerprint density at radius 1 is 0.828 bits per heavy atom. The molecule has 8 nitrogen and oxygen atoms in total. The van der Waals surface area contributed by atoms with Crippen molar-refractivity contribution in [2.45, 2.75) is 72.1 Å². The van der Waals surface area contributed by atoms with Gasteiger partial charge in [0.2, 0.25) is 19.3 Å². The highest BCUT2D eigenvalue weighted by atomic mass is 16.5. The molecule has 0 saturated heterocycles. The predicted octanol–water partition coefficient (Wildman–Crippen LogP) is 2.18. The molecule has 2 rings (SSSR count). The highest BCUT2D eigenvalue weighted by Crippen LogP contribution is 2.08. The maximum absolute atomic E-state index is 12.1. The predicted molar refractivity (Wildman–Crippen MR) is 106 cm³/mol. The third kappa shape index (κ3) is 6.73. The molecule has 0 aromatic carbocycles. The van der Waals surface area contributed by atoms with Gasteiger partial charge in [0.1, 0.15) is 24.8 Å². The number of rotatable bonds is 12. The minimum atomic E-state index is -0.374. The minimum Gasteiger partial charge on any atom is -0.463 e. The molecule has 160 valence electrons. The van der Waals surface area contributed by atoms with E-state index in [2.05, 4.69) is 13.8 Å². The van der Waals surface area contributed by atoms with Crippen LogP contribution in [0.15, 0.2) is 37.4 Å². The lowest BCUT2D eigenvalue weighted by Gasteiger charge is -2.08. The number of hydrogen-bond donors (Lipinski definition) is 0. The minimum absolute atomic E-state index is 0.226. The van der Waals surface area contributed by atoms with Crippen LogP contribution >= 0.6 is 0 Å². The molecule has 0 amide bonds. The van der Waals surface area contributed by atoms with E-state index in [0.29, 0.717) is 19.9 Å². The van der Waals surface area contributed by atoms with Gasteiger partial charge >= 0.3 is 11.9 Å². The van der Waals surface area contributed by atoms with Gasteiger partial charge in [0.25, 0.3) is 0 Å². The summed E-state index contributed by atoms with van der Waals surface area (Å²) in [6, 6.07) is -0.749. The van der Waals surface area contributed by atoms with Gasteiger partial charge in [-0.25, -0.2) is 18.7 Å². The van der Waals surface area contributed by atoms with Crippen LogP contribution in [0.2, 0.25) is 0 Å². The first kappa shape index (κ1) is 22.6. The quantitative estimate of drug-likeness (QED) is 0.308. The summed E-state index contributed by atoms with van der Waals surface area (Å²) in [6.07, 6.45) is 15.0. The fourth-order valence-corrected chi connectivity index (χ4v) is 2.75. The van der Waals surface area contributed by atoms with Gasteiger partial charge in [-0.2, -0.15) is 9.13 Å². The maximum atomic E-state index is 12.1. The number of unbranched alkanes of at least 4 members (excludes halogenated alkanes) is 2. The summed E-state index contributed by atoms with van der Waals surface area (Å²) in [6.45, 7) is 9.27. The van der Waals surface area contributed by atoms with Crippen LogP contribution < -0.4 is 9.13 Å². The molecule has 2 aromatic rings. The number of carbonyl (C=O) groups is 2. The molecule has 2 atom stereocenters. The van der Waals surface area contributed by atoms with Crippen molar-refractivity contribution in [3.8, 4) is 0 Å². The van der Waals surface area contributed by atoms with Crippen LogP contribution in [0.5, 0.6) is 0 Å². The van der Waals surface area contributed by atoms with Crippen molar-refractivity contribution < 1.29 is 28.2 Å². The van der Waals surface area contributed by atoms with Crippen LogP contribution in [-0.2, 0) is 25.7 Å². The summed E-state index contributed by atoms with van der Waals surface area (Å²) in [4.78, 5) is 24.2.